The first-order valence-electron chi connectivity index (χ1n) is 16.8. The van der Waals surface area contributed by atoms with Gasteiger partial charge in [-0.1, -0.05) is 89.8 Å². The van der Waals surface area contributed by atoms with Crippen molar-refractivity contribution < 1.29 is 24.2 Å². The summed E-state index contributed by atoms with van der Waals surface area (Å²) < 4.78 is 5.88. The number of ketones is 1. The molecule has 0 bridgehead atoms. The highest BCUT2D eigenvalue weighted by Gasteiger charge is 2.27. The summed E-state index contributed by atoms with van der Waals surface area (Å²) in [5.41, 5.74) is 3.47. The van der Waals surface area contributed by atoms with Gasteiger partial charge in [-0.2, -0.15) is 0 Å². The van der Waals surface area contributed by atoms with Gasteiger partial charge in [0, 0.05) is 40.7 Å². The van der Waals surface area contributed by atoms with Crippen molar-refractivity contribution in [1.29, 1.82) is 0 Å². The second-order valence-electron chi connectivity index (χ2n) is 13.3. The number of nitrogens with zero attached hydrogens (tertiary/aromatic N) is 2. The smallest absolute Gasteiger partial charge is 0.325 e. The van der Waals surface area contributed by atoms with Gasteiger partial charge >= 0.3 is 5.97 Å². The van der Waals surface area contributed by atoms with Gasteiger partial charge < -0.3 is 15.2 Å². The molecule has 0 saturated heterocycles. The summed E-state index contributed by atoms with van der Waals surface area (Å²) in [7, 11) is 0. The van der Waals surface area contributed by atoms with Crippen LogP contribution in [0.15, 0.2) is 73.1 Å². The summed E-state index contributed by atoms with van der Waals surface area (Å²) in [6, 6.07) is 18.2. The van der Waals surface area contributed by atoms with Crippen LogP contribution >= 0.6 is 11.3 Å². The molecule has 0 aliphatic heterocycles. The van der Waals surface area contributed by atoms with Crippen molar-refractivity contribution in [2.75, 3.05) is 6.61 Å². The lowest BCUT2D eigenvalue weighted by Crippen LogP contribution is -2.42. The fourth-order valence-corrected chi connectivity index (χ4v) is 6.22. The molecular weight excluding hydrogens is 623 g/mol. The average Bonchev–Trinajstić information content (AvgIpc) is 3.59. The molecule has 2 aromatic carbocycles. The van der Waals surface area contributed by atoms with Gasteiger partial charge in [0.05, 0.1) is 11.5 Å². The molecule has 0 fully saturated rings. The predicted octanol–water partition coefficient (Wildman–Crippen LogP) is 8.54. The highest BCUT2D eigenvalue weighted by molar-refractivity contribution is 7.14. The zero-order valence-electron chi connectivity index (χ0n) is 28.6. The number of benzene rings is 2. The number of rotatable bonds is 17. The van der Waals surface area contributed by atoms with Crippen LogP contribution in [0.3, 0.4) is 0 Å². The summed E-state index contributed by atoms with van der Waals surface area (Å²) in [6.45, 7) is 10.6. The van der Waals surface area contributed by atoms with Gasteiger partial charge in [-0.15, -0.1) is 11.3 Å². The van der Waals surface area contributed by atoms with Crippen molar-refractivity contribution in [2.24, 2.45) is 5.92 Å². The van der Waals surface area contributed by atoms with Crippen molar-refractivity contribution in [3.63, 3.8) is 0 Å². The maximum Gasteiger partial charge on any atom is 0.325 e. The van der Waals surface area contributed by atoms with Gasteiger partial charge in [0.25, 0.3) is 0 Å². The van der Waals surface area contributed by atoms with E-state index in [1.165, 1.54) is 43.9 Å². The third-order valence-corrected chi connectivity index (χ3v) is 9.75. The van der Waals surface area contributed by atoms with Crippen molar-refractivity contribution in [1.82, 2.24) is 15.3 Å². The van der Waals surface area contributed by atoms with Crippen LogP contribution in [0.1, 0.15) is 93.3 Å². The lowest BCUT2D eigenvalue weighted by Gasteiger charge is -2.18. The predicted molar refractivity (Wildman–Crippen MR) is 192 cm³/mol. The fraction of sp³-hybridized carbons (Fsp3) is 0.410. The van der Waals surface area contributed by atoms with E-state index in [0.717, 1.165) is 45.9 Å². The van der Waals surface area contributed by atoms with Gasteiger partial charge in [0.1, 0.15) is 11.8 Å². The molecule has 0 radical (unpaired) electrons. The van der Waals surface area contributed by atoms with Gasteiger partial charge in [-0.25, -0.2) is 9.97 Å². The number of unbranched alkanes of at least 4 members (excludes halogenated alkanes) is 4. The Bertz CT molecular complexity index is 1640. The maximum atomic E-state index is 13.3. The first-order chi connectivity index (χ1) is 22.9. The molecule has 0 aliphatic rings. The topological polar surface area (TPSA) is 118 Å². The number of carbonyl (C=O) groups is 3. The molecule has 0 spiro atoms. The number of hydrogen-bond acceptors (Lipinski definition) is 7. The molecule has 0 saturated carbocycles. The molecular formula is C39H47N3O5S. The van der Waals surface area contributed by atoms with E-state index >= 15 is 0 Å². The summed E-state index contributed by atoms with van der Waals surface area (Å²) >= 11 is 1.44. The number of carboxylic acids is 1. The molecule has 2 atom stereocenters. The first kappa shape index (κ1) is 36.5. The summed E-state index contributed by atoms with van der Waals surface area (Å²) in [5, 5.41) is 11.9. The van der Waals surface area contributed by atoms with Gasteiger partial charge in [0.15, 0.2) is 11.6 Å². The van der Waals surface area contributed by atoms with Gasteiger partial charge in [0.2, 0.25) is 5.91 Å². The lowest BCUT2D eigenvalue weighted by atomic mass is 9.92. The van der Waals surface area contributed by atoms with E-state index in [1.807, 2.05) is 60.7 Å². The molecule has 0 unspecified atom stereocenters. The molecule has 4 rings (SSSR count). The van der Waals surface area contributed by atoms with Gasteiger partial charge in [-0.3, -0.25) is 14.4 Å². The van der Waals surface area contributed by atoms with Crippen molar-refractivity contribution in [3.05, 3.63) is 88.4 Å². The Kier molecular flexibility index (Phi) is 13.0. The minimum absolute atomic E-state index is 0.0270. The molecule has 2 N–H and O–H groups in total. The Hall–Kier alpha value is -4.37. The molecule has 8 nitrogen and oxygen atoms in total. The van der Waals surface area contributed by atoms with Gasteiger partial charge in [-0.05, 0) is 60.6 Å². The molecule has 9 heteroatoms. The number of aliphatic carboxylic acids is 1. The van der Waals surface area contributed by atoms with E-state index < -0.39 is 23.8 Å². The highest BCUT2D eigenvalue weighted by Crippen LogP contribution is 2.31. The van der Waals surface area contributed by atoms with Crippen molar-refractivity contribution >= 4 is 29.0 Å². The Morgan fingerprint density at radius 2 is 1.50 bits per heavy atom. The number of thiophene rings is 1. The zero-order valence-corrected chi connectivity index (χ0v) is 29.4. The third kappa shape index (κ3) is 10.6. The minimum Gasteiger partial charge on any atom is -0.494 e. The summed E-state index contributed by atoms with van der Waals surface area (Å²) in [4.78, 5) is 48.7. The fourth-order valence-electron chi connectivity index (χ4n) is 5.21. The highest BCUT2D eigenvalue weighted by atomic mass is 32.1. The molecule has 48 heavy (non-hydrogen) atoms. The number of amides is 1. The van der Waals surface area contributed by atoms with E-state index in [4.69, 9.17) is 4.74 Å². The van der Waals surface area contributed by atoms with Crippen LogP contribution in [0.2, 0.25) is 0 Å². The zero-order chi connectivity index (χ0) is 34.7. The maximum absolute atomic E-state index is 13.3. The van der Waals surface area contributed by atoms with Crippen molar-refractivity contribution in [2.45, 2.75) is 91.0 Å². The average molecular weight is 670 g/mol. The number of carbonyl (C=O) groups excluding carboxylic acids is 2. The van der Waals surface area contributed by atoms with E-state index in [1.54, 1.807) is 12.4 Å². The molecule has 2 aromatic heterocycles. The Balaban J connectivity index is 1.40. The number of hydrogen-bond donors (Lipinski definition) is 2. The number of carboxylic acid groups (broad SMARTS) is 1. The quantitative estimate of drug-likeness (QED) is 0.0854. The van der Waals surface area contributed by atoms with Crippen LogP contribution in [0.5, 0.6) is 5.75 Å². The van der Waals surface area contributed by atoms with E-state index in [2.05, 4.69) is 43.0 Å². The molecule has 1 amide bonds. The summed E-state index contributed by atoms with van der Waals surface area (Å²) in [5.74, 6) is -1.04. The summed E-state index contributed by atoms with van der Waals surface area (Å²) in [6.07, 6.45) is 9.87. The molecule has 254 valence electrons. The normalized spacial score (nSPS) is 12.7. The Morgan fingerprint density at radius 3 is 2.10 bits per heavy atom. The minimum atomic E-state index is -1.13. The van der Waals surface area contributed by atoms with Crippen LogP contribution in [0, 0.1) is 5.92 Å². The standard InChI is InChI=1S/C39H47N3O5S/c1-6-7-8-9-10-21-47-32-17-15-28(16-18-32)31-24-40-36(41-25-31)29-13-11-27(12-14-29)22-30(37(44)42-26(2)38(45)46)23-33(43)34-19-20-35(48-34)39(3,4)5/h11-20,24-26,30H,6-10,21-23H2,1-5H3,(H,42,44)(H,45,46)/t26-,30-/m1/s1. The van der Waals surface area contributed by atoms with E-state index in [0.29, 0.717) is 10.7 Å². The second kappa shape index (κ2) is 17.2. The Labute approximate surface area is 288 Å². The SMILES string of the molecule is CCCCCCCOc1ccc(-c2cnc(-c3ccc(C[C@H](CC(=O)c4ccc(C(C)(C)C)s4)C(=O)N[C@H](C)C(=O)O)cc3)nc2)cc1. The van der Waals surface area contributed by atoms with Crippen LogP contribution in [0.4, 0.5) is 0 Å². The monoisotopic (exact) mass is 669 g/mol. The number of ether oxygens (including phenoxy) is 1. The van der Waals surface area contributed by atoms with Crippen LogP contribution < -0.4 is 10.1 Å². The third-order valence-electron chi connectivity index (χ3n) is 8.20. The Morgan fingerprint density at radius 1 is 0.854 bits per heavy atom. The van der Waals surface area contributed by atoms with Crippen molar-refractivity contribution in [3.8, 4) is 28.3 Å². The van der Waals surface area contributed by atoms with E-state index in [9.17, 15) is 19.5 Å². The van der Waals surface area contributed by atoms with Crippen LogP contribution in [-0.4, -0.2) is 45.4 Å². The number of nitrogens with one attached hydrogen (secondary N) is 1. The van der Waals surface area contributed by atoms with Crippen LogP contribution in [0.25, 0.3) is 22.5 Å². The molecule has 0 aliphatic carbocycles. The number of Topliss-reactive ketones (excluding diaryl/α,β-unsaturated/α-hetero) is 1. The largest absolute Gasteiger partial charge is 0.494 e. The molecule has 2 heterocycles. The number of aromatic nitrogens is 2. The van der Waals surface area contributed by atoms with Crippen LogP contribution in [-0.2, 0) is 21.4 Å². The second-order valence-corrected chi connectivity index (χ2v) is 14.4. The molecule has 4 aromatic rings. The van der Waals surface area contributed by atoms with E-state index in [-0.39, 0.29) is 24.0 Å². The lowest BCUT2D eigenvalue weighted by molar-refractivity contribution is -0.141. The first-order valence-corrected chi connectivity index (χ1v) is 17.6.